The number of aromatic nitrogens is 5. The fourth-order valence-corrected chi connectivity index (χ4v) is 2.82. The van der Waals surface area contributed by atoms with Crippen molar-refractivity contribution in [2.24, 2.45) is 0 Å². The van der Waals surface area contributed by atoms with E-state index in [4.69, 9.17) is 8.94 Å². The molecule has 4 aromatic rings. The number of pyridine rings is 1. The van der Waals surface area contributed by atoms with Crippen LogP contribution in [-0.4, -0.2) is 25.3 Å². The van der Waals surface area contributed by atoms with Crippen LogP contribution >= 0.6 is 11.8 Å². The maximum Gasteiger partial charge on any atom is 0.277 e. The van der Waals surface area contributed by atoms with Crippen LogP contribution in [-0.2, 0) is 5.75 Å². The largest absolute Gasteiger partial charge is 0.411 e. The summed E-state index contributed by atoms with van der Waals surface area (Å²) in [5, 5.41) is 12.5. The number of hydrogen-bond donors (Lipinski definition) is 0. The zero-order chi connectivity index (χ0) is 17.1. The number of nitrogens with zero attached hydrogens (tertiary/aromatic N) is 5. The standard InChI is InChI=1S/C17H13N5O2S/c1-11-3-2-4-13(9-11)15-19-14(24-22-15)10-25-17-21-20-16(23-17)12-5-7-18-8-6-12/h2-9H,10H2,1H3. The van der Waals surface area contributed by atoms with Gasteiger partial charge in [-0.15, -0.1) is 10.2 Å². The van der Waals surface area contributed by atoms with E-state index in [2.05, 4.69) is 25.3 Å². The maximum atomic E-state index is 5.62. The molecule has 0 radical (unpaired) electrons. The van der Waals surface area contributed by atoms with Gasteiger partial charge in [0.1, 0.15) is 0 Å². The van der Waals surface area contributed by atoms with Crippen molar-refractivity contribution in [3.8, 4) is 22.8 Å². The van der Waals surface area contributed by atoms with Crippen LogP contribution in [0, 0.1) is 6.92 Å². The third kappa shape index (κ3) is 3.58. The lowest BCUT2D eigenvalue weighted by Gasteiger charge is -1.95. The van der Waals surface area contributed by atoms with E-state index < -0.39 is 0 Å². The van der Waals surface area contributed by atoms with Gasteiger partial charge in [0.05, 0.1) is 5.75 Å². The third-order valence-electron chi connectivity index (χ3n) is 3.40. The van der Waals surface area contributed by atoms with Crippen molar-refractivity contribution in [1.82, 2.24) is 25.3 Å². The highest BCUT2D eigenvalue weighted by atomic mass is 32.2. The first kappa shape index (κ1) is 15.5. The third-order valence-corrected chi connectivity index (χ3v) is 4.20. The van der Waals surface area contributed by atoms with Gasteiger partial charge in [0.2, 0.25) is 17.6 Å². The Morgan fingerprint density at radius 2 is 1.92 bits per heavy atom. The highest BCUT2D eigenvalue weighted by Crippen LogP contribution is 2.26. The molecule has 1 aromatic carbocycles. The number of rotatable bonds is 5. The van der Waals surface area contributed by atoms with Crippen molar-refractivity contribution in [3.05, 3.63) is 60.2 Å². The lowest BCUT2D eigenvalue weighted by atomic mass is 10.1. The molecule has 0 saturated carbocycles. The van der Waals surface area contributed by atoms with Gasteiger partial charge in [-0.1, -0.05) is 40.7 Å². The minimum absolute atomic E-state index is 0.446. The molecule has 0 fully saturated rings. The Kier molecular flexibility index (Phi) is 4.26. The second kappa shape index (κ2) is 6.86. The zero-order valence-corrected chi connectivity index (χ0v) is 14.1. The summed E-state index contributed by atoms with van der Waals surface area (Å²) in [6.45, 7) is 2.02. The van der Waals surface area contributed by atoms with Gasteiger partial charge in [0, 0.05) is 23.5 Å². The van der Waals surface area contributed by atoms with Crippen molar-refractivity contribution in [2.45, 2.75) is 17.9 Å². The van der Waals surface area contributed by atoms with Crippen LogP contribution in [0.15, 0.2) is 63.0 Å². The lowest BCUT2D eigenvalue weighted by Crippen LogP contribution is -1.84. The fraction of sp³-hybridized carbons (Fsp3) is 0.118. The van der Waals surface area contributed by atoms with Crippen molar-refractivity contribution < 1.29 is 8.94 Å². The second-order valence-electron chi connectivity index (χ2n) is 5.28. The SMILES string of the molecule is Cc1cccc(-c2noc(CSc3nnc(-c4ccncc4)o3)n2)c1. The van der Waals surface area contributed by atoms with Crippen LogP contribution in [0.5, 0.6) is 0 Å². The summed E-state index contributed by atoms with van der Waals surface area (Å²) in [4.78, 5) is 8.37. The Balaban J connectivity index is 1.43. The molecule has 0 N–H and O–H groups in total. The minimum atomic E-state index is 0.446. The molecule has 124 valence electrons. The number of aryl methyl sites for hydroxylation is 1. The van der Waals surface area contributed by atoms with E-state index in [1.165, 1.54) is 11.8 Å². The van der Waals surface area contributed by atoms with Crippen LogP contribution in [0.4, 0.5) is 0 Å². The fourth-order valence-electron chi connectivity index (χ4n) is 2.22. The molecule has 3 heterocycles. The summed E-state index contributed by atoms with van der Waals surface area (Å²) in [6.07, 6.45) is 3.36. The molecule has 7 nitrogen and oxygen atoms in total. The minimum Gasteiger partial charge on any atom is -0.411 e. The molecule has 3 aromatic heterocycles. The van der Waals surface area contributed by atoms with Crippen molar-refractivity contribution >= 4 is 11.8 Å². The Morgan fingerprint density at radius 1 is 1.04 bits per heavy atom. The van der Waals surface area contributed by atoms with E-state index in [0.717, 1.165) is 16.7 Å². The Labute approximate surface area is 147 Å². The summed E-state index contributed by atoms with van der Waals surface area (Å²) in [7, 11) is 0. The molecule has 4 rings (SSSR count). The van der Waals surface area contributed by atoms with Gasteiger partial charge in [0.15, 0.2) is 0 Å². The Hall–Kier alpha value is -3.00. The van der Waals surface area contributed by atoms with Crippen molar-refractivity contribution in [3.63, 3.8) is 0 Å². The smallest absolute Gasteiger partial charge is 0.277 e. The van der Waals surface area contributed by atoms with E-state index in [-0.39, 0.29) is 0 Å². The van der Waals surface area contributed by atoms with Gasteiger partial charge in [-0.2, -0.15) is 4.98 Å². The van der Waals surface area contributed by atoms with Crippen LogP contribution < -0.4 is 0 Å². The first-order valence-corrected chi connectivity index (χ1v) is 8.53. The molecular weight excluding hydrogens is 338 g/mol. The lowest BCUT2D eigenvalue weighted by molar-refractivity contribution is 0.391. The average Bonchev–Trinajstić information content (AvgIpc) is 3.30. The van der Waals surface area contributed by atoms with E-state index in [0.29, 0.717) is 28.6 Å². The molecule has 0 amide bonds. The molecule has 0 unspecified atom stereocenters. The highest BCUT2D eigenvalue weighted by Gasteiger charge is 2.13. The normalized spacial score (nSPS) is 10.9. The molecule has 25 heavy (non-hydrogen) atoms. The monoisotopic (exact) mass is 351 g/mol. The molecule has 0 aliphatic heterocycles. The molecule has 8 heteroatoms. The molecule has 0 atom stereocenters. The molecule has 0 aliphatic rings. The van der Waals surface area contributed by atoms with Gasteiger partial charge in [0.25, 0.3) is 5.22 Å². The molecule has 0 spiro atoms. The van der Waals surface area contributed by atoms with Crippen LogP contribution in [0.3, 0.4) is 0 Å². The predicted octanol–water partition coefficient (Wildman–Crippen LogP) is 3.78. The summed E-state index contributed by atoms with van der Waals surface area (Å²) >= 11 is 1.35. The molecule has 0 saturated heterocycles. The topological polar surface area (TPSA) is 90.7 Å². The highest BCUT2D eigenvalue weighted by molar-refractivity contribution is 7.98. The van der Waals surface area contributed by atoms with E-state index in [9.17, 15) is 0 Å². The quantitative estimate of drug-likeness (QED) is 0.502. The van der Waals surface area contributed by atoms with Crippen LogP contribution in [0.25, 0.3) is 22.8 Å². The van der Waals surface area contributed by atoms with Crippen molar-refractivity contribution in [2.75, 3.05) is 0 Å². The first-order valence-electron chi connectivity index (χ1n) is 7.54. The zero-order valence-electron chi connectivity index (χ0n) is 13.3. The van der Waals surface area contributed by atoms with Gasteiger partial charge < -0.3 is 8.94 Å². The molecule has 0 aliphatic carbocycles. The van der Waals surface area contributed by atoms with Gasteiger partial charge in [-0.05, 0) is 25.1 Å². The predicted molar refractivity (Wildman–Crippen MR) is 91.6 cm³/mol. The average molecular weight is 351 g/mol. The van der Waals surface area contributed by atoms with Gasteiger partial charge >= 0.3 is 0 Å². The molecular formula is C17H13N5O2S. The Bertz CT molecular complexity index is 983. The van der Waals surface area contributed by atoms with Crippen molar-refractivity contribution in [1.29, 1.82) is 0 Å². The van der Waals surface area contributed by atoms with Gasteiger partial charge in [-0.25, -0.2) is 0 Å². The number of hydrogen-bond acceptors (Lipinski definition) is 8. The second-order valence-corrected chi connectivity index (χ2v) is 6.21. The van der Waals surface area contributed by atoms with E-state index in [1.54, 1.807) is 12.4 Å². The Morgan fingerprint density at radius 3 is 2.76 bits per heavy atom. The number of thioether (sulfide) groups is 1. The van der Waals surface area contributed by atoms with Crippen LogP contribution in [0.2, 0.25) is 0 Å². The summed E-state index contributed by atoms with van der Waals surface area (Å²) in [5.74, 6) is 1.99. The van der Waals surface area contributed by atoms with Crippen LogP contribution in [0.1, 0.15) is 11.5 Å². The maximum absolute atomic E-state index is 5.62. The number of benzene rings is 1. The van der Waals surface area contributed by atoms with E-state index >= 15 is 0 Å². The molecule has 0 bridgehead atoms. The summed E-state index contributed by atoms with van der Waals surface area (Å²) in [5.41, 5.74) is 2.90. The summed E-state index contributed by atoms with van der Waals surface area (Å²) < 4.78 is 10.9. The van der Waals surface area contributed by atoms with Gasteiger partial charge in [-0.3, -0.25) is 4.98 Å². The summed E-state index contributed by atoms with van der Waals surface area (Å²) in [6, 6.07) is 11.6. The van der Waals surface area contributed by atoms with E-state index in [1.807, 2.05) is 43.3 Å². The first-order chi connectivity index (χ1) is 12.3.